The minimum atomic E-state index is -0.822. The molecule has 0 bridgehead atoms. The summed E-state index contributed by atoms with van der Waals surface area (Å²) in [5, 5.41) is 13.9. The van der Waals surface area contributed by atoms with E-state index in [1.807, 2.05) is 13.0 Å². The Labute approximate surface area is 174 Å². The van der Waals surface area contributed by atoms with E-state index in [4.69, 9.17) is 9.47 Å². The molecule has 1 amide bonds. The van der Waals surface area contributed by atoms with Crippen molar-refractivity contribution < 1.29 is 24.0 Å². The predicted octanol–water partition coefficient (Wildman–Crippen LogP) is 3.52. The van der Waals surface area contributed by atoms with Gasteiger partial charge in [-0.15, -0.1) is 0 Å². The Morgan fingerprint density at radius 2 is 1.87 bits per heavy atom. The number of methoxy groups -OCH3 is 1. The van der Waals surface area contributed by atoms with Crippen LogP contribution in [0.2, 0.25) is 0 Å². The minimum Gasteiger partial charge on any atom is -0.490 e. The SMILES string of the molecule is COc1ccc(C(=O)OCC(=O)NC(C)c2ccc3c(c2)CCCC3)cc1[N+](=O)[O-]. The molecule has 8 heteroatoms. The summed E-state index contributed by atoms with van der Waals surface area (Å²) in [5.74, 6) is -1.23. The summed E-state index contributed by atoms with van der Waals surface area (Å²) in [4.78, 5) is 34.8. The number of nitrogens with zero attached hydrogens (tertiary/aromatic N) is 1. The first-order chi connectivity index (χ1) is 14.4. The molecule has 3 rings (SSSR count). The van der Waals surface area contributed by atoms with Crippen molar-refractivity contribution in [3.8, 4) is 5.75 Å². The molecule has 2 aromatic carbocycles. The Bertz CT molecular complexity index is 972. The number of hydrogen-bond donors (Lipinski definition) is 1. The van der Waals surface area contributed by atoms with Crippen LogP contribution in [0.5, 0.6) is 5.75 Å². The second kappa shape index (κ2) is 9.39. The number of aryl methyl sites for hydroxylation is 2. The van der Waals surface area contributed by atoms with E-state index in [1.54, 1.807) is 0 Å². The van der Waals surface area contributed by atoms with Crippen LogP contribution < -0.4 is 10.1 Å². The number of benzene rings is 2. The van der Waals surface area contributed by atoms with Crippen LogP contribution in [0.4, 0.5) is 5.69 Å². The lowest BCUT2D eigenvalue weighted by molar-refractivity contribution is -0.385. The summed E-state index contributed by atoms with van der Waals surface area (Å²) in [6.07, 6.45) is 4.53. The largest absolute Gasteiger partial charge is 0.490 e. The Morgan fingerprint density at radius 3 is 2.57 bits per heavy atom. The van der Waals surface area contributed by atoms with Gasteiger partial charge in [0.2, 0.25) is 0 Å². The molecule has 2 aromatic rings. The highest BCUT2D eigenvalue weighted by atomic mass is 16.6. The minimum absolute atomic E-state index is 0.0296. The number of esters is 1. The first-order valence-corrected chi connectivity index (χ1v) is 9.79. The van der Waals surface area contributed by atoms with Crippen LogP contribution in [-0.4, -0.2) is 30.5 Å². The van der Waals surface area contributed by atoms with Crippen LogP contribution in [0.25, 0.3) is 0 Å². The molecule has 0 saturated carbocycles. The van der Waals surface area contributed by atoms with Gasteiger partial charge < -0.3 is 14.8 Å². The lowest BCUT2D eigenvalue weighted by Gasteiger charge is -2.20. The maximum atomic E-state index is 12.2. The average Bonchev–Trinajstić information content (AvgIpc) is 2.76. The maximum Gasteiger partial charge on any atom is 0.338 e. The van der Waals surface area contributed by atoms with E-state index in [2.05, 4.69) is 17.4 Å². The molecule has 1 atom stereocenters. The van der Waals surface area contributed by atoms with Crippen LogP contribution in [0, 0.1) is 10.1 Å². The maximum absolute atomic E-state index is 12.2. The van der Waals surface area contributed by atoms with Crippen LogP contribution in [0.1, 0.15) is 52.9 Å². The van der Waals surface area contributed by atoms with Crippen LogP contribution in [-0.2, 0) is 22.4 Å². The van der Waals surface area contributed by atoms with Crippen LogP contribution in [0.15, 0.2) is 36.4 Å². The number of carbonyl (C=O) groups excluding carboxylic acids is 2. The zero-order valence-electron chi connectivity index (χ0n) is 17.0. The number of hydrogen-bond acceptors (Lipinski definition) is 6. The molecule has 1 aliphatic carbocycles. The molecule has 0 heterocycles. The first kappa shape index (κ1) is 21.3. The van der Waals surface area contributed by atoms with Crippen molar-refractivity contribution in [1.29, 1.82) is 0 Å². The standard InChI is InChI=1S/C22H24N2O6/c1-14(16-8-7-15-5-3-4-6-17(15)11-16)23-21(25)13-30-22(26)18-9-10-20(29-2)19(12-18)24(27)28/h7-12,14H,3-6,13H2,1-2H3,(H,23,25). The second-order valence-electron chi connectivity index (χ2n) is 7.24. The molecule has 30 heavy (non-hydrogen) atoms. The third kappa shape index (κ3) is 4.94. The molecule has 158 valence electrons. The normalized spacial score (nSPS) is 13.7. The molecular formula is C22H24N2O6. The summed E-state index contributed by atoms with van der Waals surface area (Å²) in [6, 6.07) is 9.75. The van der Waals surface area contributed by atoms with Gasteiger partial charge in [-0.25, -0.2) is 4.79 Å². The fourth-order valence-corrected chi connectivity index (χ4v) is 3.56. The average molecular weight is 412 g/mol. The van der Waals surface area contributed by atoms with Gasteiger partial charge in [-0.1, -0.05) is 18.2 Å². The van der Waals surface area contributed by atoms with Crippen molar-refractivity contribution in [2.24, 2.45) is 0 Å². The van der Waals surface area contributed by atoms with Gasteiger partial charge in [-0.05, 0) is 61.4 Å². The van der Waals surface area contributed by atoms with Crippen molar-refractivity contribution in [2.75, 3.05) is 13.7 Å². The van der Waals surface area contributed by atoms with Crippen molar-refractivity contribution in [1.82, 2.24) is 5.32 Å². The quantitative estimate of drug-likeness (QED) is 0.424. The Kier molecular flexibility index (Phi) is 6.66. The topological polar surface area (TPSA) is 108 Å². The molecule has 8 nitrogen and oxygen atoms in total. The summed E-state index contributed by atoms with van der Waals surface area (Å²) in [6.45, 7) is 1.39. The van der Waals surface area contributed by atoms with E-state index >= 15 is 0 Å². The molecule has 0 radical (unpaired) electrons. The molecule has 1 aliphatic rings. The molecule has 1 N–H and O–H groups in total. The Hall–Kier alpha value is -3.42. The van der Waals surface area contributed by atoms with Crippen molar-refractivity contribution in [3.63, 3.8) is 0 Å². The summed E-state index contributed by atoms with van der Waals surface area (Å²) < 4.78 is 9.91. The zero-order chi connectivity index (χ0) is 21.7. The van der Waals surface area contributed by atoms with E-state index in [0.29, 0.717) is 0 Å². The number of carbonyl (C=O) groups is 2. The van der Waals surface area contributed by atoms with Crippen molar-refractivity contribution >= 4 is 17.6 Å². The van der Waals surface area contributed by atoms with E-state index in [-0.39, 0.29) is 23.0 Å². The van der Waals surface area contributed by atoms with Crippen LogP contribution in [0.3, 0.4) is 0 Å². The summed E-state index contributed by atoms with van der Waals surface area (Å²) >= 11 is 0. The highest BCUT2D eigenvalue weighted by Gasteiger charge is 2.20. The molecule has 0 aromatic heterocycles. The number of ether oxygens (including phenoxy) is 2. The molecule has 0 saturated heterocycles. The number of amides is 1. The Balaban J connectivity index is 1.57. The van der Waals surface area contributed by atoms with Crippen molar-refractivity contribution in [2.45, 2.75) is 38.6 Å². The van der Waals surface area contributed by atoms with E-state index in [9.17, 15) is 19.7 Å². The van der Waals surface area contributed by atoms with Gasteiger partial charge in [-0.3, -0.25) is 14.9 Å². The fraction of sp³-hybridized carbons (Fsp3) is 0.364. The monoisotopic (exact) mass is 412 g/mol. The third-order valence-corrected chi connectivity index (χ3v) is 5.20. The van der Waals surface area contributed by atoms with E-state index < -0.39 is 23.4 Å². The number of nitro benzene ring substituents is 1. The Morgan fingerprint density at radius 1 is 1.13 bits per heavy atom. The van der Waals surface area contributed by atoms with E-state index in [1.165, 1.54) is 43.2 Å². The molecular weight excluding hydrogens is 388 g/mol. The molecule has 0 spiro atoms. The van der Waals surface area contributed by atoms with Gasteiger partial charge in [0.15, 0.2) is 12.4 Å². The fourth-order valence-electron chi connectivity index (χ4n) is 3.56. The van der Waals surface area contributed by atoms with E-state index in [0.717, 1.165) is 24.5 Å². The zero-order valence-corrected chi connectivity index (χ0v) is 17.0. The van der Waals surface area contributed by atoms with Gasteiger partial charge in [0.05, 0.1) is 23.6 Å². The van der Waals surface area contributed by atoms with Gasteiger partial charge >= 0.3 is 11.7 Å². The highest BCUT2D eigenvalue weighted by molar-refractivity contribution is 5.92. The van der Waals surface area contributed by atoms with Gasteiger partial charge in [0.25, 0.3) is 5.91 Å². The number of fused-ring (bicyclic) bond motifs is 1. The van der Waals surface area contributed by atoms with Gasteiger partial charge in [0.1, 0.15) is 0 Å². The lowest BCUT2D eigenvalue weighted by Crippen LogP contribution is -2.31. The van der Waals surface area contributed by atoms with Gasteiger partial charge in [-0.2, -0.15) is 0 Å². The number of nitro groups is 1. The summed E-state index contributed by atoms with van der Waals surface area (Å²) in [5.41, 5.74) is 3.31. The third-order valence-electron chi connectivity index (χ3n) is 5.20. The molecule has 1 unspecified atom stereocenters. The number of nitrogens with one attached hydrogen (secondary N) is 1. The predicted molar refractivity (Wildman–Crippen MR) is 110 cm³/mol. The molecule has 0 aliphatic heterocycles. The smallest absolute Gasteiger partial charge is 0.338 e. The van der Waals surface area contributed by atoms with Crippen molar-refractivity contribution in [3.05, 3.63) is 68.8 Å². The lowest BCUT2D eigenvalue weighted by atomic mass is 9.89. The first-order valence-electron chi connectivity index (χ1n) is 9.79. The second-order valence-corrected chi connectivity index (χ2v) is 7.24. The van der Waals surface area contributed by atoms with Crippen LogP contribution >= 0.6 is 0 Å². The summed E-state index contributed by atoms with van der Waals surface area (Å²) in [7, 11) is 1.30. The highest BCUT2D eigenvalue weighted by Crippen LogP contribution is 2.28. The van der Waals surface area contributed by atoms with Gasteiger partial charge in [0, 0.05) is 6.07 Å². The molecule has 0 fully saturated rings. The number of rotatable bonds is 7.